The standard InChI is InChI=1S/C15H14INO2.C8H7IO3/c1-19-14-8-12(7-13(16)9-14)15(18)17-10-11-5-3-2-4-6-11;1-12-7-3-5(8(10)11)2-6(9)4-7/h2-9H,10H2,1H3,(H,17,18);2-4H,1H3,(H,10,11). The molecule has 6 nitrogen and oxygen atoms in total. The summed E-state index contributed by atoms with van der Waals surface area (Å²) >= 11 is 4.21. The van der Waals surface area contributed by atoms with Crippen LogP contribution < -0.4 is 14.8 Å². The van der Waals surface area contributed by atoms with E-state index in [1.807, 2.05) is 65.1 Å². The van der Waals surface area contributed by atoms with E-state index in [9.17, 15) is 9.59 Å². The maximum Gasteiger partial charge on any atom is 0.335 e. The zero-order valence-electron chi connectivity index (χ0n) is 16.9. The van der Waals surface area contributed by atoms with E-state index in [1.165, 1.54) is 13.2 Å². The number of aromatic carboxylic acids is 1. The van der Waals surface area contributed by atoms with E-state index in [4.69, 9.17) is 14.6 Å². The molecule has 162 valence electrons. The first kappa shape index (κ1) is 24.9. The van der Waals surface area contributed by atoms with E-state index < -0.39 is 5.97 Å². The van der Waals surface area contributed by atoms with Crippen molar-refractivity contribution < 1.29 is 24.2 Å². The Balaban J connectivity index is 0.000000245. The van der Waals surface area contributed by atoms with Crippen LogP contribution in [0.4, 0.5) is 0 Å². The lowest BCUT2D eigenvalue weighted by Crippen LogP contribution is -2.22. The Hall–Kier alpha value is -2.34. The molecule has 0 aromatic heterocycles. The molecule has 0 aliphatic rings. The number of benzene rings is 3. The number of ether oxygens (including phenoxy) is 2. The number of carbonyl (C=O) groups is 2. The lowest BCUT2D eigenvalue weighted by atomic mass is 10.2. The van der Waals surface area contributed by atoms with Crippen molar-refractivity contribution in [1.29, 1.82) is 0 Å². The third-order valence-electron chi connectivity index (χ3n) is 4.02. The van der Waals surface area contributed by atoms with Gasteiger partial charge in [-0.25, -0.2) is 4.79 Å². The van der Waals surface area contributed by atoms with E-state index >= 15 is 0 Å². The number of methoxy groups -OCH3 is 2. The van der Waals surface area contributed by atoms with Crippen LogP contribution in [0.3, 0.4) is 0 Å². The van der Waals surface area contributed by atoms with E-state index in [-0.39, 0.29) is 11.5 Å². The number of carboxylic acids is 1. The SMILES string of the molecule is COc1cc(I)cc(C(=O)NCc2ccccc2)c1.COc1cc(I)cc(C(=O)O)c1. The summed E-state index contributed by atoms with van der Waals surface area (Å²) in [4.78, 5) is 22.6. The fraction of sp³-hybridized carbons (Fsp3) is 0.130. The second-order valence-corrected chi connectivity index (χ2v) is 8.72. The number of nitrogens with one attached hydrogen (secondary N) is 1. The van der Waals surface area contributed by atoms with Crippen LogP contribution in [0, 0.1) is 7.14 Å². The van der Waals surface area contributed by atoms with Gasteiger partial charge in [0.05, 0.1) is 19.8 Å². The number of rotatable bonds is 6. The van der Waals surface area contributed by atoms with Crippen LogP contribution in [0.2, 0.25) is 0 Å². The lowest BCUT2D eigenvalue weighted by Gasteiger charge is -2.07. The van der Waals surface area contributed by atoms with Crippen molar-refractivity contribution in [3.8, 4) is 11.5 Å². The normalized spacial score (nSPS) is 9.81. The van der Waals surface area contributed by atoms with Gasteiger partial charge in [0, 0.05) is 19.2 Å². The molecule has 0 saturated heterocycles. The first-order valence-corrected chi connectivity index (χ1v) is 11.2. The van der Waals surface area contributed by atoms with Gasteiger partial charge in [-0.2, -0.15) is 0 Å². The van der Waals surface area contributed by atoms with Crippen molar-refractivity contribution >= 4 is 57.1 Å². The fourth-order valence-corrected chi connectivity index (χ4v) is 3.78. The summed E-state index contributed by atoms with van der Waals surface area (Å²) in [6.45, 7) is 0.521. The molecular weight excluding hydrogens is 624 g/mol. The largest absolute Gasteiger partial charge is 0.497 e. The van der Waals surface area contributed by atoms with E-state index in [1.54, 1.807) is 25.3 Å². The highest BCUT2D eigenvalue weighted by molar-refractivity contribution is 14.1. The van der Waals surface area contributed by atoms with E-state index in [0.717, 1.165) is 12.7 Å². The van der Waals surface area contributed by atoms with Crippen LogP contribution in [-0.2, 0) is 6.54 Å². The Labute approximate surface area is 208 Å². The number of carbonyl (C=O) groups excluding carboxylic acids is 1. The molecule has 2 N–H and O–H groups in total. The summed E-state index contributed by atoms with van der Waals surface area (Å²) in [7, 11) is 3.11. The number of halogens is 2. The van der Waals surface area contributed by atoms with Gasteiger partial charge in [-0.15, -0.1) is 0 Å². The van der Waals surface area contributed by atoms with Crippen molar-refractivity contribution in [3.63, 3.8) is 0 Å². The minimum atomic E-state index is -0.938. The van der Waals surface area contributed by atoms with Crippen molar-refractivity contribution in [3.05, 3.63) is 90.6 Å². The Morgan fingerprint density at radius 1 is 0.839 bits per heavy atom. The third-order valence-corrected chi connectivity index (χ3v) is 5.26. The van der Waals surface area contributed by atoms with Gasteiger partial charge in [0.15, 0.2) is 0 Å². The molecule has 3 aromatic rings. The summed E-state index contributed by atoms with van der Waals surface area (Å²) in [6, 6.07) is 20.1. The van der Waals surface area contributed by atoms with Crippen molar-refractivity contribution in [2.45, 2.75) is 6.54 Å². The molecule has 0 spiro atoms. The van der Waals surface area contributed by atoms with Gasteiger partial charge in [0.1, 0.15) is 11.5 Å². The number of hydrogen-bond donors (Lipinski definition) is 2. The van der Waals surface area contributed by atoms with Crippen LogP contribution in [0.15, 0.2) is 66.7 Å². The fourth-order valence-electron chi connectivity index (χ4n) is 2.50. The Morgan fingerprint density at radius 3 is 1.87 bits per heavy atom. The van der Waals surface area contributed by atoms with Gasteiger partial charge in [-0.3, -0.25) is 4.79 Å². The third kappa shape index (κ3) is 8.37. The maximum absolute atomic E-state index is 12.1. The molecule has 0 unspecified atom stereocenters. The molecule has 3 rings (SSSR count). The molecule has 0 aliphatic carbocycles. The highest BCUT2D eigenvalue weighted by Crippen LogP contribution is 2.19. The number of hydrogen-bond acceptors (Lipinski definition) is 4. The van der Waals surface area contributed by atoms with Crippen LogP contribution in [0.25, 0.3) is 0 Å². The minimum Gasteiger partial charge on any atom is -0.497 e. The van der Waals surface area contributed by atoms with Crippen LogP contribution >= 0.6 is 45.2 Å². The average Bonchev–Trinajstić information content (AvgIpc) is 2.77. The van der Waals surface area contributed by atoms with Gasteiger partial charge in [0.25, 0.3) is 5.91 Å². The topological polar surface area (TPSA) is 84.9 Å². The van der Waals surface area contributed by atoms with E-state index in [0.29, 0.717) is 23.6 Å². The zero-order chi connectivity index (χ0) is 22.8. The van der Waals surface area contributed by atoms with Crippen LogP contribution in [0.1, 0.15) is 26.3 Å². The molecule has 0 atom stereocenters. The Morgan fingerprint density at radius 2 is 1.35 bits per heavy atom. The second-order valence-electron chi connectivity index (χ2n) is 6.23. The molecule has 0 heterocycles. The highest BCUT2D eigenvalue weighted by Gasteiger charge is 2.08. The van der Waals surface area contributed by atoms with Crippen LogP contribution in [-0.4, -0.2) is 31.2 Å². The highest BCUT2D eigenvalue weighted by atomic mass is 127. The van der Waals surface area contributed by atoms with Gasteiger partial charge < -0.3 is 19.9 Å². The van der Waals surface area contributed by atoms with Crippen molar-refractivity contribution in [2.75, 3.05) is 14.2 Å². The predicted octanol–water partition coefficient (Wildman–Crippen LogP) is 5.23. The van der Waals surface area contributed by atoms with Gasteiger partial charge in [0.2, 0.25) is 0 Å². The zero-order valence-corrected chi connectivity index (χ0v) is 21.2. The summed E-state index contributed by atoms with van der Waals surface area (Å²) in [5, 5.41) is 11.6. The second kappa shape index (κ2) is 12.5. The smallest absolute Gasteiger partial charge is 0.335 e. The molecule has 0 bridgehead atoms. The molecule has 0 aliphatic heterocycles. The Kier molecular flexibility index (Phi) is 10.0. The van der Waals surface area contributed by atoms with Gasteiger partial charge in [-0.1, -0.05) is 30.3 Å². The van der Waals surface area contributed by atoms with E-state index in [2.05, 4.69) is 27.9 Å². The Bertz CT molecular complexity index is 1040. The molecule has 1 amide bonds. The number of amides is 1. The van der Waals surface area contributed by atoms with Gasteiger partial charge in [-0.05, 0) is 87.1 Å². The first-order valence-electron chi connectivity index (χ1n) is 9.07. The van der Waals surface area contributed by atoms with Crippen molar-refractivity contribution in [2.24, 2.45) is 0 Å². The lowest BCUT2D eigenvalue weighted by molar-refractivity contribution is 0.0696. The summed E-state index contributed by atoms with van der Waals surface area (Å²) in [5.41, 5.74) is 1.94. The molecule has 8 heteroatoms. The predicted molar refractivity (Wildman–Crippen MR) is 136 cm³/mol. The summed E-state index contributed by atoms with van der Waals surface area (Å²) < 4.78 is 11.9. The van der Waals surface area contributed by atoms with Crippen molar-refractivity contribution in [1.82, 2.24) is 5.32 Å². The molecule has 0 fully saturated rings. The number of carboxylic acid groups (broad SMARTS) is 1. The molecular formula is C23H21I2NO5. The molecule has 3 aromatic carbocycles. The monoisotopic (exact) mass is 645 g/mol. The average molecular weight is 645 g/mol. The summed E-state index contributed by atoms with van der Waals surface area (Å²) in [6.07, 6.45) is 0. The first-order chi connectivity index (χ1) is 14.8. The molecule has 0 radical (unpaired) electrons. The minimum absolute atomic E-state index is 0.0966. The molecule has 0 saturated carbocycles. The maximum atomic E-state index is 12.1. The summed E-state index contributed by atoms with van der Waals surface area (Å²) in [5.74, 6) is 0.226. The molecule has 31 heavy (non-hydrogen) atoms. The van der Waals surface area contributed by atoms with Gasteiger partial charge >= 0.3 is 5.97 Å². The quantitative estimate of drug-likeness (QED) is 0.359. The van der Waals surface area contributed by atoms with Crippen LogP contribution in [0.5, 0.6) is 11.5 Å².